The predicted octanol–water partition coefficient (Wildman–Crippen LogP) is 3.05. The first-order valence-electron chi connectivity index (χ1n) is 8.33. The monoisotopic (exact) mass is 355 g/mol. The summed E-state index contributed by atoms with van der Waals surface area (Å²) in [7, 11) is 1.62. The summed E-state index contributed by atoms with van der Waals surface area (Å²) in [6.07, 6.45) is 0.467. The van der Waals surface area contributed by atoms with E-state index in [9.17, 15) is 9.90 Å². The third-order valence-corrected chi connectivity index (χ3v) is 4.26. The molecule has 0 saturated carbocycles. The maximum Gasteiger partial charge on any atom is 0.351 e. The Kier molecular flexibility index (Phi) is 5.53. The number of carbonyl (C=O) groups is 1. The lowest BCUT2D eigenvalue weighted by Crippen LogP contribution is -2.41. The molecule has 2 aromatic rings. The number of rotatable bonds is 8. The number of methoxy groups -OCH3 is 1. The van der Waals surface area contributed by atoms with Crippen LogP contribution in [0.2, 0.25) is 0 Å². The average Bonchev–Trinajstić information content (AvgIpc) is 3.07. The van der Waals surface area contributed by atoms with Crippen LogP contribution in [-0.2, 0) is 27.4 Å². The van der Waals surface area contributed by atoms with Crippen LogP contribution in [0.1, 0.15) is 17.5 Å². The molecule has 1 aliphatic rings. The lowest BCUT2D eigenvalue weighted by atomic mass is 9.90. The van der Waals surface area contributed by atoms with E-state index >= 15 is 0 Å². The topological polar surface area (TPSA) is 77.3 Å². The van der Waals surface area contributed by atoms with Crippen molar-refractivity contribution in [3.63, 3.8) is 0 Å². The summed E-state index contributed by atoms with van der Waals surface area (Å²) in [5.74, 6) is -0.232. The van der Waals surface area contributed by atoms with Gasteiger partial charge in [0.2, 0.25) is 5.60 Å². The molecule has 1 heterocycles. The van der Waals surface area contributed by atoms with E-state index < -0.39 is 11.6 Å². The lowest BCUT2D eigenvalue weighted by Gasteiger charge is -2.21. The molecule has 0 spiro atoms. The molecule has 0 amide bonds. The normalized spacial score (nSPS) is 18.9. The van der Waals surface area contributed by atoms with Gasteiger partial charge in [0.05, 0.1) is 26.0 Å². The highest BCUT2D eigenvalue weighted by atomic mass is 16.7. The molecular weight excluding hydrogens is 334 g/mol. The molecule has 0 saturated heterocycles. The summed E-state index contributed by atoms with van der Waals surface area (Å²) in [4.78, 5) is 17.1. The third kappa shape index (κ3) is 4.21. The van der Waals surface area contributed by atoms with Crippen molar-refractivity contribution < 1.29 is 24.2 Å². The molecule has 1 unspecified atom stereocenters. The van der Waals surface area contributed by atoms with Gasteiger partial charge in [-0.2, -0.15) is 0 Å². The zero-order chi connectivity index (χ0) is 18.4. The van der Waals surface area contributed by atoms with E-state index in [1.807, 2.05) is 54.6 Å². The van der Waals surface area contributed by atoms with Crippen LogP contribution in [0.5, 0.6) is 5.75 Å². The minimum atomic E-state index is -1.36. The van der Waals surface area contributed by atoms with Crippen LogP contribution < -0.4 is 4.74 Å². The molecule has 26 heavy (non-hydrogen) atoms. The number of hydrogen-bond acceptors (Lipinski definition) is 5. The molecule has 3 rings (SSSR count). The van der Waals surface area contributed by atoms with Gasteiger partial charge in [-0.05, 0) is 23.3 Å². The highest BCUT2D eigenvalue weighted by Gasteiger charge is 2.46. The lowest BCUT2D eigenvalue weighted by molar-refractivity contribution is -0.162. The van der Waals surface area contributed by atoms with E-state index in [1.54, 1.807) is 7.11 Å². The Morgan fingerprint density at radius 1 is 1.12 bits per heavy atom. The van der Waals surface area contributed by atoms with Crippen molar-refractivity contribution in [2.45, 2.75) is 25.0 Å². The number of carboxylic acid groups (broad SMARTS) is 1. The number of carboxylic acids is 1. The number of aliphatic carboxylic acids is 1. The van der Waals surface area contributed by atoms with Gasteiger partial charge in [0.15, 0.2) is 0 Å². The molecule has 0 aromatic heterocycles. The summed E-state index contributed by atoms with van der Waals surface area (Å²) in [5.41, 5.74) is 1.13. The van der Waals surface area contributed by atoms with Crippen molar-refractivity contribution in [2.24, 2.45) is 5.16 Å². The van der Waals surface area contributed by atoms with Crippen LogP contribution in [0, 0.1) is 0 Å². The fourth-order valence-electron chi connectivity index (χ4n) is 2.84. The van der Waals surface area contributed by atoms with Crippen molar-refractivity contribution in [1.82, 2.24) is 0 Å². The molecule has 1 atom stereocenters. The third-order valence-electron chi connectivity index (χ3n) is 4.26. The smallest absolute Gasteiger partial charge is 0.351 e. The van der Waals surface area contributed by atoms with Crippen molar-refractivity contribution in [3.05, 3.63) is 65.7 Å². The van der Waals surface area contributed by atoms with Crippen molar-refractivity contribution in [2.75, 3.05) is 13.7 Å². The van der Waals surface area contributed by atoms with E-state index in [4.69, 9.17) is 14.3 Å². The minimum Gasteiger partial charge on any atom is -0.497 e. The Hall–Kier alpha value is -2.86. The van der Waals surface area contributed by atoms with Gasteiger partial charge >= 0.3 is 5.97 Å². The van der Waals surface area contributed by atoms with Crippen LogP contribution in [0.3, 0.4) is 0 Å². The Morgan fingerprint density at radius 3 is 2.50 bits per heavy atom. The van der Waals surface area contributed by atoms with Gasteiger partial charge in [0, 0.05) is 12.8 Å². The van der Waals surface area contributed by atoms with E-state index in [0.29, 0.717) is 12.3 Å². The largest absolute Gasteiger partial charge is 0.497 e. The fraction of sp³-hybridized carbons (Fsp3) is 0.300. The Balaban J connectivity index is 1.54. The first-order valence-corrected chi connectivity index (χ1v) is 8.33. The molecule has 6 heteroatoms. The Labute approximate surface area is 152 Å². The summed E-state index contributed by atoms with van der Waals surface area (Å²) >= 11 is 0. The molecule has 0 radical (unpaired) electrons. The predicted molar refractivity (Wildman–Crippen MR) is 96.3 cm³/mol. The van der Waals surface area contributed by atoms with Crippen LogP contribution in [0.4, 0.5) is 0 Å². The van der Waals surface area contributed by atoms with Crippen LogP contribution in [0.25, 0.3) is 0 Å². The Bertz CT molecular complexity index is 773. The highest BCUT2D eigenvalue weighted by Crippen LogP contribution is 2.29. The van der Waals surface area contributed by atoms with Gasteiger partial charge in [-0.25, -0.2) is 4.79 Å². The second-order valence-corrected chi connectivity index (χ2v) is 6.23. The number of oxime groups is 1. The van der Waals surface area contributed by atoms with Crippen LogP contribution in [0.15, 0.2) is 59.8 Å². The molecule has 0 aliphatic carbocycles. The van der Waals surface area contributed by atoms with Crippen LogP contribution >= 0.6 is 0 Å². The number of hydrogen-bond donors (Lipinski definition) is 1. The molecule has 136 valence electrons. The van der Waals surface area contributed by atoms with Crippen molar-refractivity contribution in [3.8, 4) is 5.75 Å². The van der Waals surface area contributed by atoms with Gasteiger partial charge in [-0.3, -0.25) is 0 Å². The molecule has 1 aliphatic heterocycles. The first kappa shape index (κ1) is 17.9. The molecule has 6 nitrogen and oxygen atoms in total. The summed E-state index contributed by atoms with van der Waals surface area (Å²) < 4.78 is 10.8. The van der Waals surface area contributed by atoms with Gasteiger partial charge in [-0.15, -0.1) is 0 Å². The van der Waals surface area contributed by atoms with E-state index in [1.165, 1.54) is 0 Å². The summed E-state index contributed by atoms with van der Waals surface area (Å²) in [6.45, 7) is 0.637. The summed E-state index contributed by atoms with van der Waals surface area (Å²) in [5, 5.41) is 13.6. The number of ether oxygens (including phenoxy) is 2. The van der Waals surface area contributed by atoms with Crippen LogP contribution in [-0.4, -0.2) is 36.1 Å². The van der Waals surface area contributed by atoms with Crippen molar-refractivity contribution >= 4 is 11.7 Å². The SMILES string of the molecule is COc1ccc(COCC2=NOC(Cc3ccccc3)(C(=O)O)C2)cc1. The van der Waals surface area contributed by atoms with Gasteiger partial charge in [0.25, 0.3) is 0 Å². The standard InChI is InChI=1S/C20H21NO5/c1-24-18-9-7-16(8-10-18)13-25-14-17-12-20(19(22)23,26-21-17)11-15-5-3-2-4-6-15/h2-10H,11-14H2,1H3,(H,22,23). The maximum absolute atomic E-state index is 11.8. The first-order chi connectivity index (χ1) is 12.6. The maximum atomic E-state index is 11.8. The minimum absolute atomic E-state index is 0.208. The van der Waals surface area contributed by atoms with Gasteiger partial charge < -0.3 is 19.4 Å². The second kappa shape index (κ2) is 8.01. The van der Waals surface area contributed by atoms with Gasteiger partial charge in [-0.1, -0.05) is 47.6 Å². The van der Waals surface area contributed by atoms with E-state index in [0.717, 1.165) is 16.9 Å². The zero-order valence-electron chi connectivity index (χ0n) is 14.6. The molecule has 0 bridgehead atoms. The summed E-state index contributed by atoms with van der Waals surface area (Å²) in [6, 6.07) is 17.0. The average molecular weight is 355 g/mol. The van der Waals surface area contributed by atoms with Crippen molar-refractivity contribution in [1.29, 1.82) is 0 Å². The number of benzene rings is 2. The second-order valence-electron chi connectivity index (χ2n) is 6.23. The zero-order valence-corrected chi connectivity index (χ0v) is 14.6. The fourth-order valence-corrected chi connectivity index (χ4v) is 2.84. The highest BCUT2D eigenvalue weighted by molar-refractivity contribution is 5.94. The van der Waals surface area contributed by atoms with Gasteiger partial charge in [0.1, 0.15) is 5.75 Å². The number of nitrogens with zero attached hydrogens (tertiary/aromatic N) is 1. The molecule has 1 N–H and O–H groups in total. The quantitative estimate of drug-likeness (QED) is 0.787. The molecular formula is C20H21NO5. The Morgan fingerprint density at radius 2 is 1.85 bits per heavy atom. The van der Waals surface area contributed by atoms with E-state index in [2.05, 4.69) is 5.16 Å². The molecule has 0 fully saturated rings. The molecule has 2 aromatic carbocycles. The van der Waals surface area contributed by atoms with E-state index in [-0.39, 0.29) is 19.4 Å².